The van der Waals surface area contributed by atoms with Crippen molar-refractivity contribution in [2.24, 2.45) is 0 Å². The second-order valence-corrected chi connectivity index (χ2v) is 11.0. The van der Waals surface area contributed by atoms with Crippen molar-refractivity contribution in [1.29, 1.82) is 5.26 Å². The molecule has 2 aromatic carbocycles. The summed E-state index contributed by atoms with van der Waals surface area (Å²) in [6.07, 6.45) is 4.74. The van der Waals surface area contributed by atoms with E-state index in [1.165, 1.54) is 13.3 Å². The van der Waals surface area contributed by atoms with Crippen LogP contribution in [0.3, 0.4) is 0 Å². The lowest BCUT2D eigenvalue weighted by molar-refractivity contribution is 0.152. The highest BCUT2D eigenvalue weighted by Crippen LogP contribution is 2.39. The van der Waals surface area contributed by atoms with Crippen LogP contribution in [0.1, 0.15) is 36.6 Å². The molecule has 1 amide bonds. The summed E-state index contributed by atoms with van der Waals surface area (Å²) >= 11 is 6.65. The number of amides is 1. The number of benzene rings is 2. The number of ether oxygens (including phenoxy) is 3. The number of methoxy groups -OCH3 is 1. The van der Waals surface area contributed by atoms with Crippen molar-refractivity contribution < 1.29 is 19.0 Å². The third kappa shape index (κ3) is 7.13. The van der Waals surface area contributed by atoms with E-state index >= 15 is 0 Å². The van der Waals surface area contributed by atoms with E-state index in [1.54, 1.807) is 41.4 Å². The first-order chi connectivity index (χ1) is 21.4. The van der Waals surface area contributed by atoms with Crippen molar-refractivity contribution in [3.8, 4) is 23.3 Å². The molecule has 1 saturated heterocycles. The lowest BCUT2D eigenvalue weighted by Gasteiger charge is -2.22. The number of hydrogen-bond donors (Lipinski definition) is 1. The number of hydrogen-bond acceptors (Lipinski definition) is 9. The Hall–Kier alpha value is -4.59. The maximum atomic E-state index is 13.1. The second-order valence-electron chi connectivity index (χ2n) is 10.6. The molecule has 2 aromatic heterocycles. The first kappa shape index (κ1) is 30.9. The fraction of sp³-hybridized carbons (Fsp3) is 0.333. The van der Waals surface area contributed by atoms with Crippen LogP contribution < -0.4 is 19.5 Å². The predicted octanol–water partition coefficient (Wildman–Crippen LogP) is 6.71. The largest absolute Gasteiger partial charge is 0.493 e. The van der Waals surface area contributed by atoms with Crippen molar-refractivity contribution in [1.82, 2.24) is 19.8 Å². The van der Waals surface area contributed by atoms with Crippen LogP contribution >= 0.6 is 11.6 Å². The number of carbonyl (C=O) groups excluding carboxylic acids is 1. The normalized spacial score (nSPS) is 13.7. The molecule has 0 atom stereocenters. The molecule has 10 nitrogen and oxygen atoms in total. The smallest absolute Gasteiger partial charge is 0.415 e. The van der Waals surface area contributed by atoms with Crippen molar-refractivity contribution in [3.05, 3.63) is 76.7 Å². The zero-order valence-electron chi connectivity index (χ0n) is 25.1. The Bertz CT molecular complexity index is 1690. The number of nitrogens with one attached hydrogen (secondary N) is 1. The highest BCUT2D eigenvalue weighted by Gasteiger charge is 2.23. The number of fused-ring (bicyclic) bond motifs is 1. The van der Waals surface area contributed by atoms with Crippen molar-refractivity contribution in [3.63, 3.8) is 0 Å². The van der Waals surface area contributed by atoms with E-state index in [-0.39, 0.29) is 5.75 Å². The van der Waals surface area contributed by atoms with Gasteiger partial charge in [0.2, 0.25) is 0 Å². The molecule has 1 N–H and O–H groups in total. The second kappa shape index (κ2) is 14.3. The molecule has 228 valence electrons. The van der Waals surface area contributed by atoms with E-state index in [0.717, 1.165) is 43.7 Å². The SMILES string of the molecule is CCCN1CCCN(C(=O)Oc2cc3ncc(C#N)c(Nc4ccc(OCc5ncccc5C)cc4Cl)c3cc2OC)CC1. The van der Waals surface area contributed by atoms with E-state index in [0.29, 0.717) is 64.1 Å². The lowest BCUT2D eigenvalue weighted by atomic mass is 10.1. The van der Waals surface area contributed by atoms with Crippen LogP contribution in [0.15, 0.2) is 54.9 Å². The minimum Gasteiger partial charge on any atom is -0.493 e. The Labute approximate surface area is 262 Å². The van der Waals surface area contributed by atoms with Gasteiger partial charge in [0.15, 0.2) is 11.5 Å². The summed E-state index contributed by atoms with van der Waals surface area (Å²) in [5, 5.41) is 14.2. The Kier molecular flexibility index (Phi) is 10.00. The van der Waals surface area contributed by atoms with Gasteiger partial charge in [-0.3, -0.25) is 9.97 Å². The number of aromatic nitrogens is 2. The highest BCUT2D eigenvalue weighted by atomic mass is 35.5. The summed E-state index contributed by atoms with van der Waals surface area (Å²) in [6, 6.07) is 14.7. The van der Waals surface area contributed by atoms with Gasteiger partial charge in [-0.25, -0.2) is 4.79 Å². The molecule has 0 bridgehead atoms. The molecule has 5 rings (SSSR count). The molecular weight excluding hydrogens is 580 g/mol. The molecule has 44 heavy (non-hydrogen) atoms. The molecule has 3 heterocycles. The first-order valence-electron chi connectivity index (χ1n) is 14.6. The third-order valence-electron chi connectivity index (χ3n) is 7.55. The molecule has 1 fully saturated rings. The van der Waals surface area contributed by atoms with Gasteiger partial charge in [0.1, 0.15) is 18.4 Å². The number of nitriles is 1. The van der Waals surface area contributed by atoms with Gasteiger partial charge in [-0.15, -0.1) is 0 Å². The van der Waals surface area contributed by atoms with Crippen LogP contribution in [0.25, 0.3) is 10.9 Å². The number of halogens is 1. The lowest BCUT2D eigenvalue weighted by Crippen LogP contribution is -2.37. The molecule has 4 aromatic rings. The van der Waals surface area contributed by atoms with Crippen LogP contribution in [0.2, 0.25) is 5.02 Å². The van der Waals surface area contributed by atoms with Crippen LogP contribution in [-0.2, 0) is 6.61 Å². The van der Waals surface area contributed by atoms with Gasteiger partial charge in [-0.05, 0) is 62.7 Å². The van der Waals surface area contributed by atoms with E-state index < -0.39 is 6.09 Å². The number of rotatable bonds is 9. The number of nitrogens with zero attached hydrogens (tertiary/aromatic N) is 5. The van der Waals surface area contributed by atoms with E-state index in [9.17, 15) is 10.1 Å². The van der Waals surface area contributed by atoms with Crippen molar-refractivity contribution in [2.75, 3.05) is 45.2 Å². The molecule has 0 unspecified atom stereocenters. The summed E-state index contributed by atoms with van der Waals surface area (Å²) in [7, 11) is 1.50. The minimum atomic E-state index is -0.430. The molecular formula is C33H35ClN6O4. The number of carbonyl (C=O) groups is 1. The Morgan fingerprint density at radius 3 is 2.73 bits per heavy atom. The van der Waals surface area contributed by atoms with E-state index in [4.69, 9.17) is 25.8 Å². The molecule has 0 radical (unpaired) electrons. The van der Waals surface area contributed by atoms with Gasteiger partial charge in [0.05, 0.1) is 40.3 Å². The van der Waals surface area contributed by atoms with Crippen LogP contribution in [0.4, 0.5) is 16.2 Å². The summed E-state index contributed by atoms with van der Waals surface area (Å²) in [6.45, 7) is 8.46. The number of aryl methyl sites for hydroxylation is 1. The molecule has 0 saturated carbocycles. The minimum absolute atomic E-state index is 0.255. The fourth-order valence-corrected chi connectivity index (χ4v) is 5.37. The number of pyridine rings is 2. The van der Waals surface area contributed by atoms with Gasteiger partial charge in [-0.1, -0.05) is 24.6 Å². The zero-order valence-corrected chi connectivity index (χ0v) is 25.9. The summed E-state index contributed by atoms with van der Waals surface area (Å²) in [5.74, 6) is 1.18. The molecule has 0 aliphatic carbocycles. The van der Waals surface area contributed by atoms with Crippen molar-refractivity contribution >= 4 is 40.0 Å². The third-order valence-corrected chi connectivity index (χ3v) is 7.86. The van der Waals surface area contributed by atoms with E-state index in [1.807, 2.05) is 19.1 Å². The topological polar surface area (TPSA) is 113 Å². The molecule has 1 aliphatic rings. The van der Waals surface area contributed by atoms with Crippen molar-refractivity contribution in [2.45, 2.75) is 33.3 Å². The Morgan fingerprint density at radius 1 is 1.11 bits per heavy atom. The van der Waals surface area contributed by atoms with Gasteiger partial charge < -0.3 is 29.3 Å². The number of anilines is 2. The standard InChI is InChI=1S/C33H35ClN6O4/c1-4-11-39-12-6-13-40(15-14-39)33(41)44-31-18-28-25(17-30(31)42-3)32(23(19-35)20-37-28)38-27-9-8-24(16-26(27)34)43-21-29-22(2)7-5-10-36-29/h5,7-10,16-18,20H,4,6,11-15,21H2,1-3H3,(H,37,38). The average Bonchev–Trinajstić information content (AvgIpc) is 3.27. The molecule has 0 spiro atoms. The monoisotopic (exact) mass is 614 g/mol. The first-order valence-corrected chi connectivity index (χ1v) is 15.0. The maximum Gasteiger partial charge on any atom is 0.415 e. The Balaban J connectivity index is 1.37. The van der Waals surface area contributed by atoms with Gasteiger partial charge in [0, 0.05) is 49.5 Å². The summed E-state index contributed by atoms with van der Waals surface area (Å²) < 4.78 is 17.4. The summed E-state index contributed by atoms with van der Waals surface area (Å²) in [5.41, 5.74) is 3.78. The van der Waals surface area contributed by atoms with Gasteiger partial charge in [-0.2, -0.15) is 5.26 Å². The van der Waals surface area contributed by atoms with Crippen LogP contribution in [-0.4, -0.2) is 65.7 Å². The fourth-order valence-electron chi connectivity index (χ4n) is 5.15. The quantitative estimate of drug-likeness (QED) is 0.220. The maximum absolute atomic E-state index is 13.1. The van der Waals surface area contributed by atoms with Gasteiger partial charge >= 0.3 is 6.09 Å². The van der Waals surface area contributed by atoms with Crippen LogP contribution in [0.5, 0.6) is 17.2 Å². The zero-order chi connectivity index (χ0) is 31.1. The Morgan fingerprint density at radius 2 is 1.98 bits per heavy atom. The summed E-state index contributed by atoms with van der Waals surface area (Å²) in [4.78, 5) is 26.0. The van der Waals surface area contributed by atoms with E-state index in [2.05, 4.69) is 33.2 Å². The molecule has 11 heteroatoms. The molecule has 1 aliphatic heterocycles. The predicted molar refractivity (Wildman–Crippen MR) is 170 cm³/mol. The van der Waals surface area contributed by atoms with Crippen LogP contribution in [0, 0.1) is 18.3 Å². The highest BCUT2D eigenvalue weighted by molar-refractivity contribution is 6.33. The average molecular weight is 615 g/mol. The van der Waals surface area contributed by atoms with Gasteiger partial charge in [0.25, 0.3) is 0 Å².